The number of carbonyl (C=O) groups is 2. The zero-order chi connectivity index (χ0) is 23.6. The number of nitrogens with zero attached hydrogens (tertiary/aromatic N) is 3. The van der Waals surface area contributed by atoms with E-state index in [1.165, 1.54) is 41.6 Å². The molecule has 2 fully saturated rings. The lowest BCUT2D eigenvalue weighted by Gasteiger charge is -2.33. The molecular formula is C23H27FN4O4S. The Morgan fingerprint density at radius 3 is 2.15 bits per heavy atom. The Hall–Kier alpha value is -2.98. The summed E-state index contributed by atoms with van der Waals surface area (Å²) in [5.41, 5.74) is 1.00. The first kappa shape index (κ1) is 23.2. The minimum absolute atomic E-state index is 0.0685. The number of nitrogens with one attached hydrogen (secondary N) is 1. The van der Waals surface area contributed by atoms with Gasteiger partial charge in [0.25, 0.3) is 5.91 Å². The van der Waals surface area contributed by atoms with E-state index in [1.807, 2.05) is 4.90 Å². The van der Waals surface area contributed by atoms with Gasteiger partial charge in [-0.15, -0.1) is 0 Å². The maximum atomic E-state index is 14.5. The molecule has 1 N–H and O–H groups in total. The van der Waals surface area contributed by atoms with Crippen LogP contribution in [-0.2, 0) is 14.8 Å². The second-order valence-electron chi connectivity index (χ2n) is 8.22. The SMILES string of the molecule is CC(=O)N1CCN(S(=O)(=O)c2ccc(C(=O)Nc3c(F)cccc3N3CCCC3)cc2)CC1. The van der Waals surface area contributed by atoms with Crippen LogP contribution >= 0.6 is 0 Å². The van der Waals surface area contributed by atoms with Crippen LogP contribution in [0, 0.1) is 5.82 Å². The maximum absolute atomic E-state index is 14.5. The predicted molar refractivity (Wildman–Crippen MR) is 123 cm³/mol. The van der Waals surface area contributed by atoms with Gasteiger partial charge in [-0.25, -0.2) is 12.8 Å². The number of anilines is 2. The molecule has 0 radical (unpaired) electrons. The van der Waals surface area contributed by atoms with Crippen molar-refractivity contribution in [3.05, 3.63) is 53.8 Å². The van der Waals surface area contributed by atoms with Gasteiger partial charge in [0.2, 0.25) is 15.9 Å². The lowest BCUT2D eigenvalue weighted by Crippen LogP contribution is -2.49. The molecule has 2 aliphatic rings. The molecule has 2 amide bonds. The minimum atomic E-state index is -3.74. The van der Waals surface area contributed by atoms with E-state index in [2.05, 4.69) is 5.32 Å². The molecule has 10 heteroatoms. The number of hydrogen-bond acceptors (Lipinski definition) is 5. The molecule has 0 aliphatic carbocycles. The Labute approximate surface area is 193 Å². The first-order valence-corrected chi connectivity index (χ1v) is 12.4. The van der Waals surface area contributed by atoms with Crippen molar-refractivity contribution in [1.82, 2.24) is 9.21 Å². The Kier molecular flexibility index (Phi) is 6.66. The maximum Gasteiger partial charge on any atom is 0.255 e. The standard InChI is InChI=1S/C23H27FN4O4S/c1-17(29)26-13-15-28(16-14-26)33(31,32)19-9-7-18(8-10-19)23(30)25-22-20(24)5-4-6-21(22)27-11-2-3-12-27/h4-10H,2-3,11-16H2,1H3,(H,25,30). The van der Waals surface area contributed by atoms with Crippen molar-refractivity contribution in [1.29, 1.82) is 0 Å². The van der Waals surface area contributed by atoms with Crippen molar-refractivity contribution in [3.63, 3.8) is 0 Å². The van der Waals surface area contributed by atoms with E-state index in [-0.39, 0.29) is 35.1 Å². The summed E-state index contributed by atoms with van der Waals surface area (Å²) in [7, 11) is -3.74. The fraction of sp³-hybridized carbons (Fsp3) is 0.391. The van der Waals surface area contributed by atoms with Gasteiger partial charge in [-0.1, -0.05) is 6.07 Å². The van der Waals surface area contributed by atoms with Crippen LogP contribution in [0.4, 0.5) is 15.8 Å². The fourth-order valence-corrected chi connectivity index (χ4v) is 5.64. The van der Waals surface area contributed by atoms with Crippen molar-refractivity contribution < 1.29 is 22.4 Å². The van der Waals surface area contributed by atoms with E-state index in [9.17, 15) is 22.4 Å². The van der Waals surface area contributed by atoms with E-state index < -0.39 is 21.7 Å². The lowest BCUT2D eigenvalue weighted by molar-refractivity contribution is -0.129. The number of amides is 2. The molecule has 0 saturated carbocycles. The third kappa shape index (κ3) is 4.86. The number of benzene rings is 2. The van der Waals surface area contributed by atoms with Crippen molar-refractivity contribution in [3.8, 4) is 0 Å². The Morgan fingerprint density at radius 2 is 1.55 bits per heavy atom. The highest BCUT2D eigenvalue weighted by molar-refractivity contribution is 7.89. The van der Waals surface area contributed by atoms with E-state index >= 15 is 0 Å². The van der Waals surface area contributed by atoms with Gasteiger partial charge in [0.15, 0.2) is 0 Å². The van der Waals surface area contributed by atoms with E-state index in [1.54, 1.807) is 17.0 Å². The van der Waals surface area contributed by atoms with Gasteiger partial charge >= 0.3 is 0 Å². The molecule has 2 aromatic rings. The van der Waals surface area contributed by atoms with Crippen molar-refractivity contribution in [2.75, 3.05) is 49.5 Å². The minimum Gasteiger partial charge on any atom is -0.370 e. The van der Waals surface area contributed by atoms with Crippen LogP contribution in [0.5, 0.6) is 0 Å². The zero-order valence-electron chi connectivity index (χ0n) is 18.5. The van der Waals surface area contributed by atoms with Gasteiger partial charge in [-0.05, 0) is 49.2 Å². The third-order valence-corrected chi connectivity index (χ3v) is 8.03. The molecule has 2 aliphatic heterocycles. The Balaban J connectivity index is 1.48. The number of piperazine rings is 1. The van der Waals surface area contributed by atoms with Crippen molar-refractivity contribution in [2.24, 2.45) is 0 Å². The first-order valence-electron chi connectivity index (χ1n) is 11.0. The van der Waals surface area contributed by atoms with Crippen LogP contribution in [0.1, 0.15) is 30.1 Å². The zero-order valence-corrected chi connectivity index (χ0v) is 19.3. The van der Waals surface area contributed by atoms with Crippen LogP contribution in [0.3, 0.4) is 0 Å². The molecular weight excluding hydrogens is 447 g/mol. The fourth-order valence-electron chi connectivity index (χ4n) is 4.21. The highest BCUT2D eigenvalue weighted by Crippen LogP contribution is 2.31. The van der Waals surface area contributed by atoms with Crippen LogP contribution in [-0.4, -0.2) is 68.7 Å². The molecule has 2 saturated heterocycles. The normalized spacial score (nSPS) is 17.3. The summed E-state index contributed by atoms with van der Waals surface area (Å²) in [5, 5.41) is 2.66. The van der Waals surface area contributed by atoms with Gasteiger partial charge in [0, 0.05) is 51.8 Å². The number of para-hydroxylation sites is 1. The first-order chi connectivity index (χ1) is 15.8. The topological polar surface area (TPSA) is 90.0 Å². The van der Waals surface area contributed by atoms with Gasteiger partial charge < -0.3 is 15.1 Å². The van der Waals surface area contributed by atoms with Crippen molar-refractivity contribution >= 4 is 33.2 Å². The highest BCUT2D eigenvalue weighted by Gasteiger charge is 2.29. The quantitative estimate of drug-likeness (QED) is 0.719. The molecule has 176 valence electrons. The van der Waals surface area contributed by atoms with E-state index in [0.717, 1.165) is 25.9 Å². The molecule has 0 unspecified atom stereocenters. The molecule has 4 rings (SSSR count). The van der Waals surface area contributed by atoms with Gasteiger partial charge in [-0.3, -0.25) is 9.59 Å². The second kappa shape index (κ2) is 9.48. The molecule has 2 heterocycles. The highest BCUT2D eigenvalue weighted by atomic mass is 32.2. The number of rotatable bonds is 5. The molecule has 0 aromatic heterocycles. The summed E-state index contributed by atoms with van der Waals surface area (Å²) in [6.45, 7) is 4.20. The molecule has 0 spiro atoms. The van der Waals surface area contributed by atoms with Crippen LogP contribution in [0.15, 0.2) is 47.4 Å². The Morgan fingerprint density at radius 1 is 0.909 bits per heavy atom. The van der Waals surface area contributed by atoms with Gasteiger partial charge in [0.1, 0.15) is 11.5 Å². The summed E-state index contributed by atoms with van der Waals surface area (Å²) < 4.78 is 41.7. The number of halogens is 1. The largest absolute Gasteiger partial charge is 0.370 e. The summed E-state index contributed by atoms with van der Waals surface area (Å²) >= 11 is 0. The monoisotopic (exact) mass is 474 g/mol. The van der Waals surface area contributed by atoms with E-state index in [0.29, 0.717) is 18.8 Å². The van der Waals surface area contributed by atoms with Crippen LogP contribution in [0.2, 0.25) is 0 Å². The predicted octanol–water partition coefficient (Wildman–Crippen LogP) is 2.53. The molecule has 33 heavy (non-hydrogen) atoms. The molecule has 0 bridgehead atoms. The van der Waals surface area contributed by atoms with Crippen molar-refractivity contribution in [2.45, 2.75) is 24.7 Å². The molecule has 8 nitrogen and oxygen atoms in total. The average Bonchev–Trinajstić information content (AvgIpc) is 3.35. The number of carbonyl (C=O) groups excluding carboxylic acids is 2. The number of hydrogen-bond donors (Lipinski definition) is 1. The summed E-state index contributed by atoms with van der Waals surface area (Å²) in [5.74, 6) is -1.11. The molecule has 2 aromatic carbocycles. The van der Waals surface area contributed by atoms with Gasteiger partial charge in [-0.2, -0.15) is 4.31 Å². The average molecular weight is 475 g/mol. The number of sulfonamides is 1. The summed E-state index contributed by atoms with van der Waals surface area (Å²) in [6, 6.07) is 10.3. The lowest BCUT2D eigenvalue weighted by atomic mass is 10.2. The van der Waals surface area contributed by atoms with Crippen LogP contribution < -0.4 is 10.2 Å². The second-order valence-corrected chi connectivity index (χ2v) is 10.2. The third-order valence-electron chi connectivity index (χ3n) is 6.12. The van der Waals surface area contributed by atoms with Crippen LogP contribution in [0.25, 0.3) is 0 Å². The molecule has 0 atom stereocenters. The summed E-state index contributed by atoms with van der Waals surface area (Å²) in [4.78, 5) is 28.0. The smallest absolute Gasteiger partial charge is 0.255 e. The van der Waals surface area contributed by atoms with Gasteiger partial charge in [0.05, 0.1) is 10.6 Å². The Bertz CT molecular complexity index is 1140. The summed E-state index contributed by atoms with van der Waals surface area (Å²) in [6.07, 6.45) is 2.03. The van der Waals surface area contributed by atoms with E-state index in [4.69, 9.17) is 0 Å².